The maximum atomic E-state index is 12.4. The molecule has 1 fully saturated rings. The lowest BCUT2D eigenvalue weighted by molar-refractivity contribution is 0.132. The molecular formula is C13H16ClN3O4S. The summed E-state index contributed by atoms with van der Waals surface area (Å²) in [5.41, 5.74) is 1.44. The summed E-state index contributed by atoms with van der Waals surface area (Å²) in [4.78, 5) is 12.3. The second-order valence-corrected chi connectivity index (χ2v) is 7.46. The average Bonchev–Trinajstić information content (AvgIpc) is 2.47. The summed E-state index contributed by atoms with van der Waals surface area (Å²) in [7, 11) is -3.61. The number of hydrogen-bond donors (Lipinski definition) is 2. The molecule has 3 rings (SSSR count). The van der Waals surface area contributed by atoms with Crippen LogP contribution in [0, 0.1) is 0 Å². The summed E-state index contributed by atoms with van der Waals surface area (Å²) in [6.07, 6.45) is -0.0323. The highest BCUT2D eigenvalue weighted by Gasteiger charge is 2.37. The predicted octanol–water partition coefficient (Wildman–Crippen LogP) is 1.64. The van der Waals surface area contributed by atoms with Gasteiger partial charge in [0.1, 0.15) is 0 Å². The Labute approximate surface area is 133 Å². The van der Waals surface area contributed by atoms with E-state index in [1.165, 1.54) is 9.21 Å². The second kappa shape index (κ2) is 5.60. The maximum absolute atomic E-state index is 12.4. The zero-order valence-electron chi connectivity index (χ0n) is 11.7. The van der Waals surface area contributed by atoms with Crippen molar-refractivity contribution in [3.8, 4) is 0 Å². The van der Waals surface area contributed by atoms with Crippen LogP contribution in [-0.4, -0.2) is 43.6 Å². The van der Waals surface area contributed by atoms with Crippen molar-refractivity contribution in [2.75, 3.05) is 17.4 Å². The molecule has 0 bridgehead atoms. The fourth-order valence-electron chi connectivity index (χ4n) is 2.96. The molecule has 1 aromatic carbocycles. The van der Waals surface area contributed by atoms with Crippen LogP contribution in [0.2, 0.25) is 5.02 Å². The lowest BCUT2D eigenvalue weighted by Gasteiger charge is -2.40. The molecule has 2 N–H and O–H groups in total. The predicted molar refractivity (Wildman–Crippen MR) is 82.3 cm³/mol. The summed E-state index contributed by atoms with van der Waals surface area (Å²) in [6, 6.07) is 4.87. The number of fused-ring (bicyclic) bond motifs is 1. The van der Waals surface area contributed by atoms with Gasteiger partial charge in [-0.05, 0) is 36.6 Å². The molecule has 0 atom stereocenters. The van der Waals surface area contributed by atoms with Gasteiger partial charge in [-0.15, -0.1) is 0 Å². The molecule has 1 amide bonds. The van der Waals surface area contributed by atoms with E-state index >= 15 is 0 Å². The number of anilines is 1. The summed E-state index contributed by atoms with van der Waals surface area (Å²) >= 11 is 5.97. The van der Waals surface area contributed by atoms with Gasteiger partial charge in [0.2, 0.25) is 0 Å². The highest BCUT2D eigenvalue weighted by Crippen LogP contribution is 2.34. The van der Waals surface area contributed by atoms with E-state index in [0.717, 1.165) is 5.56 Å². The summed E-state index contributed by atoms with van der Waals surface area (Å²) in [5, 5.41) is 9.55. The average molecular weight is 346 g/mol. The Bertz CT molecular complexity index is 701. The quantitative estimate of drug-likeness (QED) is 0.809. The third-order valence-electron chi connectivity index (χ3n) is 4.05. The van der Waals surface area contributed by atoms with Crippen molar-refractivity contribution in [3.63, 3.8) is 0 Å². The van der Waals surface area contributed by atoms with Gasteiger partial charge in [-0.25, -0.2) is 4.79 Å². The van der Waals surface area contributed by atoms with Crippen molar-refractivity contribution in [1.29, 1.82) is 0 Å². The lowest BCUT2D eigenvalue weighted by atomic mass is 10.0. The smallest absolute Gasteiger partial charge is 0.407 e. The lowest BCUT2D eigenvalue weighted by Crippen LogP contribution is -2.54. The summed E-state index contributed by atoms with van der Waals surface area (Å²) < 4.78 is 28.7. The number of carbonyl (C=O) groups is 1. The minimum absolute atomic E-state index is 0.211. The molecule has 0 unspecified atom stereocenters. The van der Waals surface area contributed by atoms with E-state index < -0.39 is 16.3 Å². The molecule has 1 saturated heterocycles. The Morgan fingerprint density at radius 3 is 2.64 bits per heavy atom. The van der Waals surface area contributed by atoms with E-state index in [-0.39, 0.29) is 12.6 Å². The fraction of sp³-hybridized carbons (Fsp3) is 0.462. The zero-order valence-corrected chi connectivity index (χ0v) is 13.3. The van der Waals surface area contributed by atoms with Crippen LogP contribution in [0.15, 0.2) is 18.2 Å². The van der Waals surface area contributed by atoms with Crippen LogP contribution in [0.4, 0.5) is 10.5 Å². The first-order valence-electron chi connectivity index (χ1n) is 6.94. The number of halogens is 1. The minimum Gasteiger partial charge on any atom is -0.465 e. The van der Waals surface area contributed by atoms with Gasteiger partial charge in [0.15, 0.2) is 0 Å². The van der Waals surface area contributed by atoms with E-state index in [4.69, 9.17) is 16.7 Å². The normalized spacial score (nSPS) is 21.5. The standard InChI is InChI=1S/C13H16ClN3O4S/c14-10-1-2-12-9(7-10)8-15-22(20,21)17(12)11-3-5-16(6-4-11)13(18)19/h1-2,7,11,15H,3-6,8H2,(H,18,19). The molecule has 2 aliphatic rings. The molecule has 1 aromatic rings. The van der Waals surface area contributed by atoms with Gasteiger partial charge in [-0.2, -0.15) is 13.1 Å². The van der Waals surface area contributed by atoms with Gasteiger partial charge >= 0.3 is 16.3 Å². The molecular weight excluding hydrogens is 330 g/mol. The van der Waals surface area contributed by atoms with Crippen molar-refractivity contribution in [2.24, 2.45) is 0 Å². The maximum Gasteiger partial charge on any atom is 0.407 e. The third kappa shape index (κ3) is 2.73. The molecule has 0 aromatic heterocycles. The van der Waals surface area contributed by atoms with Crippen LogP contribution in [0.1, 0.15) is 18.4 Å². The number of amides is 1. The van der Waals surface area contributed by atoms with E-state index in [1.807, 2.05) is 0 Å². The molecule has 0 spiro atoms. The topological polar surface area (TPSA) is 89.9 Å². The Morgan fingerprint density at radius 1 is 1.32 bits per heavy atom. The van der Waals surface area contributed by atoms with Crippen LogP contribution in [0.25, 0.3) is 0 Å². The van der Waals surface area contributed by atoms with Crippen molar-refractivity contribution in [3.05, 3.63) is 28.8 Å². The fourth-order valence-corrected chi connectivity index (χ4v) is 4.68. The van der Waals surface area contributed by atoms with Crippen molar-refractivity contribution >= 4 is 33.6 Å². The number of piperidine rings is 1. The number of rotatable bonds is 1. The number of carboxylic acid groups (broad SMARTS) is 1. The SMILES string of the molecule is O=C(O)N1CCC(N2c3ccc(Cl)cc3CNS2(=O)=O)CC1. The van der Waals surface area contributed by atoms with E-state index in [1.54, 1.807) is 18.2 Å². The van der Waals surface area contributed by atoms with Crippen molar-refractivity contribution in [1.82, 2.24) is 9.62 Å². The van der Waals surface area contributed by atoms with Crippen molar-refractivity contribution < 1.29 is 18.3 Å². The van der Waals surface area contributed by atoms with Crippen LogP contribution in [0.3, 0.4) is 0 Å². The molecule has 2 heterocycles. The van der Waals surface area contributed by atoms with Crippen LogP contribution < -0.4 is 9.03 Å². The largest absolute Gasteiger partial charge is 0.465 e. The Kier molecular flexibility index (Phi) is 3.92. The number of nitrogens with one attached hydrogen (secondary N) is 1. The molecule has 0 radical (unpaired) electrons. The Morgan fingerprint density at radius 2 is 2.00 bits per heavy atom. The Hall–Kier alpha value is -1.51. The molecule has 9 heteroatoms. The van der Waals surface area contributed by atoms with Gasteiger partial charge in [-0.1, -0.05) is 11.6 Å². The third-order valence-corrected chi connectivity index (χ3v) is 5.81. The summed E-state index contributed by atoms with van der Waals surface area (Å²) in [6.45, 7) is 0.868. The number of hydrogen-bond acceptors (Lipinski definition) is 3. The summed E-state index contributed by atoms with van der Waals surface area (Å²) in [5.74, 6) is 0. The van der Waals surface area contributed by atoms with Crippen LogP contribution >= 0.6 is 11.6 Å². The highest BCUT2D eigenvalue weighted by atomic mass is 35.5. The van der Waals surface area contributed by atoms with E-state index in [0.29, 0.717) is 36.6 Å². The Balaban J connectivity index is 1.91. The molecule has 0 aliphatic carbocycles. The second-order valence-electron chi connectivity index (χ2n) is 5.40. The van der Waals surface area contributed by atoms with E-state index in [2.05, 4.69) is 4.72 Å². The first kappa shape index (κ1) is 15.4. The first-order valence-corrected chi connectivity index (χ1v) is 8.75. The molecule has 7 nitrogen and oxygen atoms in total. The zero-order chi connectivity index (χ0) is 15.9. The van der Waals surface area contributed by atoms with E-state index in [9.17, 15) is 13.2 Å². The number of likely N-dealkylation sites (tertiary alicyclic amines) is 1. The van der Waals surface area contributed by atoms with Crippen LogP contribution in [-0.2, 0) is 16.8 Å². The number of benzene rings is 1. The molecule has 2 aliphatic heterocycles. The van der Waals surface area contributed by atoms with Gasteiger partial charge in [0.05, 0.1) is 5.69 Å². The highest BCUT2D eigenvalue weighted by molar-refractivity contribution is 7.91. The molecule has 120 valence electrons. The minimum atomic E-state index is -3.61. The van der Waals surface area contributed by atoms with Crippen molar-refractivity contribution in [2.45, 2.75) is 25.4 Å². The van der Waals surface area contributed by atoms with Gasteiger partial charge in [0, 0.05) is 30.7 Å². The van der Waals surface area contributed by atoms with Gasteiger partial charge in [-0.3, -0.25) is 4.31 Å². The molecule has 22 heavy (non-hydrogen) atoms. The van der Waals surface area contributed by atoms with Gasteiger partial charge in [0.25, 0.3) is 0 Å². The monoisotopic (exact) mass is 345 g/mol. The molecule has 0 saturated carbocycles. The number of nitrogens with zero attached hydrogens (tertiary/aromatic N) is 2. The first-order chi connectivity index (χ1) is 10.4. The van der Waals surface area contributed by atoms with Crippen LogP contribution in [0.5, 0.6) is 0 Å². The van der Waals surface area contributed by atoms with Gasteiger partial charge < -0.3 is 10.0 Å².